The molecule has 0 heterocycles. The fourth-order valence-electron chi connectivity index (χ4n) is 1.09. The average Bonchev–Trinajstić information content (AvgIpc) is 2.29. The van der Waals surface area contributed by atoms with Gasteiger partial charge in [0, 0.05) is 5.02 Å². The molecule has 0 aromatic heterocycles. The maximum absolute atomic E-state index is 11.5. The number of nitrogens with one attached hydrogen (secondary N) is 1. The standard InChI is InChI=1S/C11H13ClN2O2S/c1-2-17(15,16)14-11-6-5-10(12)8-9(11)4-3-7-13/h5-6,8,14H,2,7,13H2,1H3. The zero-order valence-electron chi connectivity index (χ0n) is 9.33. The second-order valence-corrected chi connectivity index (χ2v) is 5.65. The Hall–Kier alpha value is -1.22. The molecule has 1 aromatic rings. The summed E-state index contributed by atoms with van der Waals surface area (Å²) < 4.78 is 25.4. The molecular formula is C11H13ClN2O2S. The summed E-state index contributed by atoms with van der Waals surface area (Å²) in [7, 11) is -3.33. The number of hydrogen-bond acceptors (Lipinski definition) is 3. The van der Waals surface area contributed by atoms with E-state index in [2.05, 4.69) is 16.6 Å². The van der Waals surface area contributed by atoms with Crippen LogP contribution in [0, 0.1) is 11.8 Å². The normalized spacial score (nSPS) is 10.5. The molecule has 1 rings (SSSR count). The van der Waals surface area contributed by atoms with E-state index in [4.69, 9.17) is 17.3 Å². The summed E-state index contributed by atoms with van der Waals surface area (Å²) >= 11 is 5.82. The highest BCUT2D eigenvalue weighted by molar-refractivity contribution is 7.92. The minimum Gasteiger partial charge on any atom is -0.320 e. The van der Waals surface area contributed by atoms with Crippen LogP contribution >= 0.6 is 11.6 Å². The summed E-state index contributed by atoms with van der Waals surface area (Å²) in [6.07, 6.45) is 0. The van der Waals surface area contributed by atoms with Gasteiger partial charge in [0.15, 0.2) is 0 Å². The maximum atomic E-state index is 11.5. The van der Waals surface area contributed by atoms with Crippen LogP contribution in [0.1, 0.15) is 12.5 Å². The van der Waals surface area contributed by atoms with E-state index in [1.54, 1.807) is 25.1 Å². The fourth-order valence-corrected chi connectivity index (χ4v) is 1.92. The van der Waals surface area contributed by atoms with Crippen molar-refractivity contribution in [2.45, 2.75) is 6.92 Å². The summed E-state index contributed by atoms with van der Waals surface area (Å²) in [6, 6.07) is 4.77. The first-order valence-electron chi connectivity index (χ1n) is 4.97. The monoisotopic (exact) mass is 272 g/mol. The molecular weight excluding hydrogens is 260 g/mol. The highest BCUT2D eigenvalue weighted by atomic mass is 35.5. The second-order valence-electron chi connectivity index (χ2n) is 3.20. The lowest BCUT2D eigenvalue weighted by atomic mass is 10.2. The molecule has 0 aliphatic rings. The van der Waals surface area contributed by atoms with Crippen LogP contribution in [-0.4, -0.2) is 20.7 Å². The van der Waals surface area contributed by atoms with Gasteiger partial charge < -0.3 is 5.73 Å². The molecule has 0 aliphatic heterocycles. The molecule has 0 saturated carbocycles. The number of benzene rings is 1. The van der Waals surface area contributed by atoms with Crippen LogP contribution in [0.5, 0.6) is 0 Å². The molecule has 0 aliphatic carbocycles. The van der Waals surface area contributed by atoms with Gasteiger partial charge in [-0.3, -0.25) is 4.72 Å². The van der Waals surface area contributed by atoms with E-state index < -0.39 is 10.0 Å². The van der Waals surface area contributed by atoms with Crippen molar-refractivity contribution in [3.8, 4) is 11.8 Å². The molecule has 0 fully saturated rings. The van der Waals surface area contributed by atoms with Gasteiger partial charge in [-0.25, -0.2) is 8.42 Å². The third-order valence-corrected chi connectivity index (χ3v) is 3.48. The van der Waals surface area contributed by atoms with Crippen molar-refractivity contribution in [1.29, 1.82) is 0 Å². The smallest absolute Gasteiger partial charge is 0.232 e. The molecule has 17 heavy (non-hydrogen) atoms. The van der Waals surface area contributed by atoms with Gasteiger partial charge in [-0.1, -0.05) is 23.4 Å². The molecule has 6 heteroatoms. The minimum absolute atomic E-state index is 0.000611. The second kappa shape index (κ2) is 5.92. The molecule has 0 spiro atoms. The third kappa shape index (κ3) is 4.27. The van der Waals surface area contributed by atoms with E-state index in [0.717, 1.165) is 0 Å². The number of sulfonamides is 1. The lowest BCUT2D eigenvalue weighted by Gasteiger charge is -2.08. The maximum Gasteiger partial charge on any atom is 0.232 e. The van der Waals surface area contributed by atoms with Gasteiger partial charge in [0.2, 0.25) is 10.0 Å². The first-order valence-corrected chi connectivity index (χ1v) is 7.00. The SMILES string of the molecule is CCS(=O)(=O)Nc1ccc(Cl)cc1C#CCN. The van der Waals surface area contributed by atoms with E-state index in [0.29, 0.717) is 16.3 Å². The zero-order chi connectivity index (χ0) is 12.9. The summed E-state index contributed by atoms with van der Waals surface area (Å²) in [5.41, 5.74) is 6.20. The minimum atomic E-state index is -3.33. The van der Waals surface area contributed by atoms with Crippen molar-refractivity contribution in [2.75, 3.05) is 17.0 Å². The van der Waals surface area contributed by atoms with E-state index in [-0.39, 0.29) is 12.3 Å². The van der Waals surface area contributed by atoms with E-state index in [9.17, 15) is 8.42 Å². The Morgan fingerprint density at radius 2 is 2.18 bits per heavy atom. The summed E-state index contributed by atoms with van der Waals surface area (Å²) in [5, 5.41) is 0.491. The highest BCUT2D eigenvalue weighted by Gasteiger charge is 2.09. The summed E-state index contributed by atoms with van der Waals surface area (Å²) in [6.45, 7) is 1.76. The number of hydrogen-bond donors (Lipinski definition) is 2. The van der Waals surface area contributed by atoms with Gasteiger partial charge in [-0.05, 0) is 25.1 Å². The van der Waals surface area contributed by atoms with Gasteiger partial charge in [-0.15, -0.1) is 0 Å². The first-order chi connectivity index (χ1) is 7.98. The Labute approximate surface area is 106 Å². The Morgan fingerprint density at radius 3 is 2.76 bits per heavy atom. The Balaban J connectivity index is 3.15. The highest BCUT2D eigenvalue weighted by Crippen LogP contribution is 2.20. The molecule has 4 nitrogen and oxygen atoms in total. The van der Waals surface area contributed by atoms with Gasteiger partial charge in [-0.2, -0.15) is 0 Å². The first kappa shape index (κ1) is 13.8. The number of nitrogens with two attached hydrogens (primary N) is 1. The molecule has 0 bridgehead atoms. The summed E-state index contributed by atoms with van der Waals surface area (Å²) in [5.74, 6) is 5.43. The Morgan fingerprint density at radius 1 is 1.47 bits per heavy atom. The fraction of sp³-hybridized carbons (Fsp3) is 0.273. The molecule has 0 saturated heterocycles. The Kier molecular flexibility index (Phi) is 4.82. The van der Waals surface area contributed by atoms with Gasteiger partial charge in [0.1, 0.15) is 0 Å². The van der Waals surface area contributed by atoms with Crippen molar-refractivity contribution in [1.82, 2.24) is 0 Å². The van der Waals surface area contributed by atoms with Crippen molar-refractivity contribution in [3.05, 3.63) is 28.8 Å². The molecule has 3 N–H and O–H groups in total. The molecule has 0 radical (unpaired) electrons. The van der Waals surface area contributed by atoms with Crippen LogP contribution in [0.15, 0.2) is 18.2 Å². The van der Waals surface area contributed by atoms with Crippen LogP contribution < -0.4 is 10.5 Å². The van der Waals surface area contributed by atoms with Crippen molar-refractivity contribution in [3.63, 3.8) is 0 Å². The third-order valence-electron chi connectivity index (χ3n) is 1.95. The molecule has 0 amide bonds. The number of rotatable bonds is 3. The lowest BCUT2D eigenvalue weighted by molar-refractivity contribution is 0.602. The van der Waals surface area contributed by atoms with Crippen molar-refractivity contribution >= 4 is 27.3 Å². The van der Waals surface area contributed by atoms with Crippen LogP contribution in [0.4, 0.5) is 5.69 Å². The quantitative estimate of drug-likeness (QED) is 0.818. The predicted octanol–water partition coefficient (Wildman–Crippen LogP) is 1.41. The van der Waals surface area contributed by atoms with Crippen molar-refractivity contribution in [2.24, 2.45) is 5.73 Å². The van der Waals surface area contributed by atoms with Crippen molar-refractivity contribution < 1.29 is 8.42 Å². The van der Waals surface area contributed by atoms with Crippen LogP contribution in [-0.2, 0) is 10.0 Å². The van der Waals surface area contributed by atoms with E-state index >= 15 is 0 Å². The molecule has 92 valence electrons. The topological polar surface area (TPSA) is 72.2 Å². The van der Waals surface area contributed by atoms with Gasteiger partial charge >= 0.3 is 0 Å². The Bertz CT molecular complexity index is 559. The largest absolute Gasteiger partial charge is 0.320 e. The van der Waals surface area contributed by atoms with E-state index in [1.165, 1.54) is 0 Å². The van der Waals surface area contributed by atoms with Gasteiger partial charge in [0.25, 0.3) is 0 Å². The summed E-state index contributed by atoms with van der Waals surface area (Å²) in [4.78, 5) is 0. The predicted molar refractivity (Wildman–Crippen MR) is 70.5 cm³/mol. The molecule has 0 unspecified atom stereocenters. The lowest BCUT2D eigenvalue weighted by Crippen LogP contribution is -2.15. The van der Waals surface area contributed by atoms with Gasteiger partial charge in [0.05, 0.1) is 23.5 Å². The van der Waals surface area contributed by atoms with Crippen LogP contribution in [0.3, 0.4) is 0 Å². The average molecular weight is 273 g/mol. The number of halogens is 1. The zero-order valence-corrected chi connectivity index (χ0v) is 10.9. The molecule has 1 aromatic carbocycles. The van der Waals surface area contributed by atoms with Crippen LogP contribution in [0.25, 0.3) is 0 Å². The van der Waals surface area contributed by atoms with Crippen LogP contribution in [0.2, 0.25) is 5.02 Å². The van der Waals surface area contributed by atoms with E-state index in [1.807, 2.05) is 0 Å². The number of anilines is 1. The molecule has 0 atom stereocenters.